The number of anilines is 1. The Kier molecular flexibility index (Phi) is 4.31. The third-order valence-corrected chi connectivity index (χ3v) is 3.06. The van der Waals surface area contributed by atoms with Gasteiger partial charge in [-0.15, -0.1) is 0 Å². The molecular weight excluding hydrogens is 326 g/mol. The molecule has 0 aliphatic heterocycles. The van der Waals surface area contributed by atoms with E-state index in [1.165, 1.54) is 18.3 Å². The van der Waals surface area contributed by atoms with Gasteiger partial charge in [0.05, 0.1) is 21.3 Å². The van der Waals surface area contributed by atoms with Crippen molar-refractivity contribution in [2.75, 3.05) is 5.43 Å². The summed E-state index contributed by atoms with van der Waals surface area (Å²) in [6.07, 6.45) is 1.32. The van der Waals surface area contributed by atoms with Crippen molar-refractivity contribution in [1.82, 2.24) is 0 Å². The number of phenols is 1. The highest BCUT2D eigenvalue weighted by molar-refractivity contribution is 9.10. The molecule has 2 N–H and O–H groups in total. The Labute approximate surface area is 123 Å². The van der Waals surface area contributed by atoms with Gasteiger partial charge < -0.3 is 5.11 Å². The second-order valence-electron chi connectivity index (χ2n) is 3.86. The molecule has 0 heterocycles. The Morgan fingerprint density at radius 3 is 2.65 bits per heavy atom. The van der Waals surface area contributed by atoms with Gasteiger partial charge in [-0.05, 0) is 28.1 Å². The molecular formula is C13H10BrN3O3. The molecule has 0 spiro atoms. The van der Waals surface area contributed by atoms with Crippen LogP contribution >= 0.6 is 15.9 Å². The van der Waals surface area contributed by atoms with Gasteiger partial charge >= 0.3 is 0 Å². The number of hydrogen-bond donors (Lipinski definition) is 2. The van der Waals surface area contributed by atoms with E-state index in [1.807, 2.05) is 30.3 Å². The Balaban J connectivity index is 2.22. The average molecular weight is 336 g/mol. The van der Waals surface area contributed by atoms with Crippen LogP contribution in [0.1, 0.15) is 5.56 Å². The molecule has 20 heavy (non-hydrogen) atoms. The second-order valence-corrected chi connectivity index (χ2v) is 4.71. The molecule has 0 saturated heterocycles. The number of benzene rings is 2. The first-order valence-corrected chi connectivity index (χ1v) is 6.38. The van der Waals surface area contributed by atoms with Crippen molar-refractivity contribution in [2.45, 2.75) is 0 Å². The number of nitro benzene ring substituents is 1. The molecule has 0 fully saturated rings. The van der Waals surface area contributed by atoms with E-state index >= 15 is 0 Å². The van der Waals surface area contributed by atoms with E-state index < -0.39 is 4.92 Å². The number of rotatable bonds is 4. The zero-order valence-corrected chi connectivity index (χ0v) is 11.7. The maximum absolute atomic E-state index is 10.8. The van der Waals surface area contributed by atoms with Crippen molar-refractivity contribution in [1.29, 1.82) is 0 Å². The van der Waals surface area contributed by atoms with E-state index in [0.29, 0.717) is 0 Å². The molecule has 0 atom stereocenters. The number of nitrogens with one attached hydrogen (secondary N) is 1. The van der Waals surface area contributed by atoms with E-state index in [1.54, 1.807) is 0 Å². The van der Waals surface area contributed by atoms with Crippen LogP contribution in [0.4, 0.5) is 11.4 Å². The first-order valence-electron chi connectivity index (χ1n) is 5.59. The fourth-order valence-corrected chi connectivity index (χ4v) is 1.96. The molecule has 0 amide bonds. The summed E-state index contributed by atoms with van der Waals surface area (Å²) in [5, 5.41) is 24.5. The fourth-order valence-electron chi connectivity index (χ4n) is 1.50. The van der Waals surface area contributed by atoms with Crippen molar-refractivity contribution in [3.05, 3.63) is 62.6 Å². The number of para-hydroxylation sites is 1. The maximum Gasteiger partial charge on any atom is 0.271 e. The lowest BCUT2D eigenvalue weighted by atomic mass is 10.2. The van der Waals surface area contributed by atoms with Crippen LogP contribution in [0.2, 0.25) is 0 Å². The quantitative estimate of drug-likeness (QED) is 0.508. The molecule has 7 heteroatoms. The van der Waals surface area contributed by atoms with Crippen LogP contribution in [-0.4, -0.2) is 16.2 Å². The Morgan fingerprint density at radius 1 is 1.30 bits per heavy atom. The number of hydrazone groups is 1. The third kappa shape index (κ3) is 3.33. The van der Waals surface area contributed by atoms with Gasteiger partial charge in [0.1, 0.15) is 5.75 Å². The fraction of sp³-hybridized carbons (Fsp3) is 0. The number of aromatic hydroxyl groups is 1. The average Bonchev–Trinajstić information content (AvgIpc) is 2.44. The molecule has 102 valence electrons. The summed E-state index contributed by atoms with van der Waals surface area (Å²) in [4.78, 5) is 10.2. The van der Waals surface area contributed by atoms with Crippen LogP contribution in [0.5, 0.6) is 5.75 Å². The van der Waals surface area contributed by atoms with Gasteiger partial charge in [-0.25, -0.2) is 0 Å². The van der Waals surface area contributed by atoms with Gasteiger partial charge in [0.25, 0.3) is 5.69 Å². The first-order chi connectivity index (χ1) is 9.58. The molecule has 0 unspecified atom stereocenters. The van der Waals surface area contributed by atoms with Crippen LogP contribution in [0.15, 0.2) is 52.0 Å². The van der Waals surface area contributed by atoms with Gasteiger partial charge in [0.2, 0.25) is 0 Å². The Hall–Kier alpha value is -2.41. The first kappa shape index (κ1) is 14.0. The summed E-state index contributed by atoms with van der Waals surface area (Å²) in [7, 11) is 0. The monoisotopic (exact) mass is 335 g/mol. The van der Waals surface area contributed by atoms with Crippen LogP contribution in [0.3, 0.4) is 0 Å². The number of nitro groups is 1. The SMILES string of the molecule is O=[N+]([O-])c1cc(Br)c(O)c(/C=N/Nc2ccccc2)c1. The molecule has 2 rings (SSSR count). The second kappa shape index (κ2) is 6.16. The highest BCUT2D eigenvalue weighted by Gasteiger charge is 2.13. The van der Waals surface area contributed by atoms with E-state index in [9.17, 15) is 15.2 Å². The lowest BCUT2D eigenvalue weighted by Gasteiger charge is -2.02. The maximum atomic E-state index is 10.8. The summed E-state index contributed by atoms with van der Waals surface area (Å²) < 4.78 is 0.243. The van der Waals surface area contributed by atoms with E-state index in [0.717, 1.165) is 5.69 Å². The van der Waals surface area contributed by atoms with Crippen molar-refractivity contribution in [2.24, 2.45) is 5.10 Å². The molecule has 0 aromatic heterocycles. The smallest absolute Gasteiger partial charge is 0.271 e. The topological polar surface area (TPSA) is 87.8 Å². The standard InChI is InChI=1S/C13H10BrN3O3/c14-12-7-11(17(19)20)6-9(13(12)18)8-15-16-10-4-2-1-3-5-10/h1-8,16,18H/b15-8+. The van der Waals surface area contributed by atoms with Gasteiger partial charge in [0.15, 0.2) is 0 Å². The van der Waals surface area contributed by atoms with E-state index in [2.05, 4.69) is 26.5 Å². The molecule has 0 aliphatic rings. The number of hydrogen-bond acceptors (Lipinski definition) is 5. The summed E-state index contributed by atoms with van der Waals surface area (Å²) in [6.45, 7) is 0. The Bertz CT molecular complexity index is 659. The van der Waals surface area contributed by atoms with Crippen molar-refractivity contribution >= 4 is 33.5 Å². The molecule has 2 aromatic carbocycles. The molecule has 0 bridgehead atoms. The lowest BCUT2D eigenvalue weighted by molar-refractivity contribution is -0.385. The molecule has 6 nitrogen and oxygen atoms in total. The predicted molar refractivity (Wildman–Crippen MR) is 80.1 cm³/mol. The minimum atomic E-state index is -0.536. The van der Waals surface area contributed by atoms with E-state index in [4.69, 9.17) is 0 Å². The summed E-state index contributed by atoms with van der Waals surface area (Å²) >= 11 is 3.07. The minimum absolute atomic E-state index is 0.103. The minimum Gasteiger partial charge on any atom is -0.506 e. The van der Waals surface area contributed by atoms with Gasteiger partial charge in [-0.1, -0.05) is 18.2 Å². The highest BCUT2D eigenvalue weighted by Crippen LogP contribution is 2.31. The largest absolute Gasteiger partial charge is 0.506 e. The highest BCUT2D eigenvalue weighted by atomic mass is 79.9. The molecule has 0 aliphatic carbocycles. The lowest BCUT2D eigenvalue weighted by Crippen LogP contribution is -1.94. The number of nitrogens with zero attached hydrogens (tertiary/aromatic N) is 2. The van der Waals surface area contributed by atoms with Crippen LogP contribution in [-0.2, 0) is 0 Å². The molecule has 2 aromatic rings. The Morgan fingerprint density at radius 2 is 2.00 bits per heavy atom. The summed E-state index contributed by atoms with van der Waals surface area (Å²) in [6, 6.07) is 11.7. The van der Waals surface area contributed by atoms with E-state index in [-0.39, 0.29) is 21.5 Å². The van der Waals surface area contributed by atoms with Crippen molar-refractivity contribution in [3.8, 4) is 5.75 Å². The van der Waals surface area contributed by atoms with Crippen LogP contribution < -0.4 is 5.43 Å². The summed E-state index contributed by atoms with van der Waals surface area (Å²) in [5.74, 6) is -0.103. The van der Waals surface area contributed by atoms with Crippen LogP contribution in [0.25, 0.3) is 0 Å². The third-order valence-electron chi connectivity index (χ3n) is 2.46. The predicted octanol–water partition coefficient (Wildman–Crippen LogP) is 3.51. The van der Waals surface area contributed by atoms with Gasteiger partial charge in [-0.3, -0.25) is 15.5 Å². The van der Waals surface area contributed by atoms with Gasteiger partial charge in [0, 0.05) is 17.7 Å². The zero-order valence-electron chi connectivity index (χ0n) is 10.2. The normalized spacial score (nSPS) is 10.7. The van der Waals surface area contributed by atoms with Crippen LogP contribution in [0, 0.1) is 10.1 Å². The molecule has 0 saturated carbocycles. The summed E-state index contributed by atoms with van der Waals surface area (Å²) in [5.41, 5.74) is 3.65. The number of halogens is 1. The van der Waals surface area contributed by atoms with Crippen molar-refractivity contribution in [3.63, 3.8) is 0 Å². The number of phenolic OH excluding ortho intramolecular Hbond substituents is 1. The zero-order chi connectivity index (χ0) is 14.5. The van der Waals surface area contributed by atoms with Gasteiger partial charge in [-0.2, -0.15) is 5.10 Å². The molecule has 0 radical (unpaired) electrons. The number of non-ortho nitro benzene ring substituents is 1. The van der Waals surface area contributed by atoms with Crippen molar-refractivity contribution < 1.29 is 10.0 Å².